The van der Waals surface area contributed by atoms with E-state index in [1.54, 1.807) is 19.1 Å². The SMILES string of the molecule is CC(N)=CC(=O)c1ccccc1.[NaH]. The maximum absolute atomic E-state index is 11.3. The third kappa shape index (κ3) is 4.27. The van der Waals surface area contributed by atoms with Crippen molar-refractivity contribution in [3.05, 3.63) is 47.7 Å². The number of allylic oxidation sites excluding steroid dienone is 2. The normalized spacial score (nSPS) is 10.4. The molecule has 0 aromatic heterocycles. The zero-order valence-electron chi connectivity index (χ0n) is 6.95. The molecule has 0 heterocycles. The van der Waals surface area contributed by atoms with Gasteiger partial charge in [0.25, 0.3) is 0 Å². The molecule has 1 aromatic rings. The summed E-state index contributed by atoms with van der Waals surface area (Å²) in [5.41, 5.74) is 6.57. The van der Waals surface area contributed by atoms with E-state index in [0.717, 1.165) is 0 Å². The monoisotopic (exact) mass is 185 g/mol. The van der Waals surface area contributed by atoms with E-state index in [-0.39, 0.29) is 35.3 Å². The molecule has 0 fully saturated rings. The van der Waals surface area contributed by atoms with Crippen molar-refractivity contribution in [3.63, 3.8) is 0 Å². The third-order valence-electron chi connectivity index (χ3n) is 1.42. The molecule has 0 spiro atoms. The molecule has 0 radical (unpaired) electrons. The number of hydrogen-bond acceptors (Lipinski definition) is 2. The van der Waals surface area contributed by atoms with Crippen molar-refractivity contribution < 1.29 is 4.79 Å². The summed E-state index contributed by atoms with van der Waals surface area (Å²) < 4.78 is 0. The van der Waals surface area contributed by atoms with Crippen molar-refractivity contribution in [2.75, 3.05) is 0 Å². The quantitative estimate of drug-likeness (QED) is 0.425. The molecule has 0 bridgehead atoms. The molecule has 1 aromatic carbocycles. The molecule has 0 unspecified atom stereocenters. The van der Waals surface area contributed by atoms with Crippen LogP contribution < -0.4 is 5.73 Å². The Morgan fingerprint density at radius 1 is 1.31 bits per heavy atom. The number of benzene rings is 1. The maximum atomic E-state index is 11.3. The van der Waals surface area contributed by atoms with E-state index < -0.39 is 0 Å². The van der Waals surface area contributed by atoms with Crippen molar-refractivity contribution in [3.8, 4) is 0 Å². The Morgan fingerprint density at radius 3 is 2.31 bits per heavy atom. The zero-order valence-corrected chi connectivity index (χ0v) is 6.95. The Morgan fingerprint density at radius 2 is 1.85 bits per heavy atom. The number of nitrogens with two attached hydrogens (primary N) is 1. The Balaban J connectivity index is 0.00000144. The molecule has 1 rings (SSSR count). The van der Waals surface area contributed by atoms with Gasteiger partial charge in [-0.1, -0.05) is 30.3 Å². The van der Waals surface area contributed by atoms with Gasteiger partial charge in [-0.25, -0.2) is 0 Å². The van der Waals surface area contributed by atoms with Crippen LogP contribution >= 0.6 is 0 Å². The van der Waals surface area contributed by atoms with Gasteiger partial charge in [0, 0.05) is 17.3 Å². The average molecular weight is 185 g/mol. The fraction of sp³-hybridized carbons (Fsp3) is 0.100. The van der Waals surface area contributed by atoms with E-state index in [0.29, 0.717) is 11.3 Å². The third-order valence-corrected chi connectivity index (χ3v) is 1.42. The first-order valence-corrected chi connectivity index (χ1v) is 3.73. The zero-order chi connectivity index (χ0) is 8.97. The molecular formula is C10H12NNaO. The van der Waals surface area contributed by atoms with Gasteiger partial charge in [0.1, 0.15) is 0 Å². The van der Waals surface area contributed by atoms with Crippen LogP contribution in [0, 0.1) is 0 Å². The summed E-state index contributed by atoms with van der Waals surface area (Å²) in [6.07, 6.45) is 1.43. The first-order chi connectivity index (χ1) is 5.70. The van der Waals surface area contributed by atoms with Gasteiger partial charge in [-0.15, -0.1) is 0 Å². The fourth-order valence-electron chi connectivity index (χ4n) is 0.893. The summed E-state index contributed by atoms with van der Waals surface area (Å²) in [6.45, 7) is 1.70. The van der Waals surface area contributed by atoms with Crippen LogP contribution in [-0.4, -0.2) is 35.3 Å². The number of rotatable bonds is 2. The van der Waals surface area contributed by atoms with E-state index in [9.17, 15) is 4.79 Å². The standard InChI is InChI=1S/C10H11NO.Na.H/c1-8(11)7-10(12)9-5-3-2-4-6-9;;/h2-7H,11H2,1H3;;. The summed E-state index contributed by atoms with van der Waals surface area (Å²) >= 11 is 0. The number of carbonyl (C=O) groups is 1. The summed E-state index contributed by atoms with van der Waals surface area (Å²) in [5, 5.41) is 0. The molecule has 3 heteroatoms. The van der Waals surface area contributed by atoms with Crippen LogP contribution in [0.4, 0.5) is 0 Å². The van der Waals surface area contributed by atoms with Crippen molar-refractivity contribution in [1.82, 2.24) is 0 Å². The Hall–Kier alpha value is -0.570. The molecule has 0 saturated heterocycles. The first kappa shape index (κ1) is 12.4. The molecule has 0 atom stereocenters. The van der Waals surface area contributed by atoms with Crippen LogP contribution in [0.15, 0.2) is 42.1 Å². The van der Waals surface area contributed by atoms with Crippen molar-refractivity contribution >= 4 is 35.3 Å². The Kier molecular flexibility index (Phi) is 5.71. The molecule has 0 aliphatic rings. The van der Waals surface area contributed by atoms with E-state index in [4.69, 9.17) is 5.73 Å². The van der Waals surface area contributed by atoms with E-state index in [1.807, 2.05) is 18.2 Å². The second kappa shape index (κ2) is 5.97. The number of hydrogen-bond donors (Lipinski definition) is 1. The molecule has 2 N–H and O–H groups in total. The van der Waals surface area contributed by atoms with Crippen molar-refractivity contribution in [2.45, 2.75) is 6.92 Å². The topological polar surface area (TPSA) is 43.1 Å². The fourth-order valence-corrected chi connectivity index (χ4v) is 0.893. The summed E-state index contributed by atoms with van der Waals surface area (Å²) in [7, 11) is 0. The van der Waals surface area contributed by atoms with Gasteiger partial charge in [0.15, 0.2) is 5.78 Å². The molecular weight excluding hydrogens is 173 g/mol. The molecule has 0 amide bonds. The van der Waals surface area contributed by atoms with Crippen molar-refractivity contribution in [1.29, 1.82) is 0 Å². The van der Waals surface area contributed by atoms with Crippen LogP contribution in [0.5, 0.6) is 0 Å². The second-order valence-corrected chi connectivity index (χ2v) is 2.62. The number of ketones is 1. The molecule has 13 heavy (non-hydrogen) atoms. The van der Waals surface area contributed by atoms with Gasteiger partial charge in [0.2, 0.25) is 0 Å². The van der Waals surface area contributed by atoms with Crippen molar-refractivity contribution in [2.24, 2.45) is 5.73 Å². The molecule has 0 aliphatic carbocycles. The van der Waals surface area contributed by atoms with Gasteiger partial charge >= 0.3 is 29.6 Å². The molecule has 0 saturated carbocycles. The molecule has 0 aliphatic heterocycles. The number of carbonyl (C=O) groups excluding carboxylic acids is 1. The van der Waals surface area contributed by atoms with Gasteiger partial charge in [0.05, 0.1) is 0 Å². The summed E-state index contributed by atoms with van der Waals surface area (Å²) in [4.78, 5) is 11.3. The van der Waals surface area contributed by atoms with Gasteiger partial charge in [-0.05, 0) is 6.92 Å². The Labute approximate surface area is 100 Å². The van der Waals surface area contributed by atoms with Crippen LogP contribution in [0.3, 0.4) is 0 Å². The summed E-state index contributed by atoms with van der Waals surface area (Å²) in [5.74, 6) is -0.0457. The summed E-state index contributed by atoms with van der Waals surface area (Å²) in [6, 6.07) is 9.05. The van der Waals surface area contributed by atoms with Gasteiger partial charge in [-0.2, -0.15) is 0 Å². The Bertz CT molecular complexity index is 302. The van der Waals surface area contributed by atoms with Gasteiger partial charge < -0.3 is 5.73 Å². The van der Waals surface area contributed by atoms with E-state index in [1.165, 1.54) is 6.08 Å². The van der Waals surface area contributed by atoms with Crippen LogP contribution in [0.1, 0.15) is 17.3 Å². The minimum absolute atomic E-state index is 0. The second-order valence-electron chi connectivity index (χ2n) is 2.62. The van der Waals surface area contributed by atoms with E-state index >= 15 is 0 Å². The minimum atomic E-state index is -0.0457. The molecule has 64 valence electrons. The van der Waals surface area contributed by atoms with Crippen LogP contribution in [0.2, 0.25) is 0 Å². The van der Waals surface area contributed by atoms with Crippen LogP contribution in [-0.2, 0) is 0 Å². The van der Waals surface area contributed by atoms with Gasteiger partial charge in [-0.3, -0.25) is 4.79 Å². The first-order valence-electron chi connectivity index (χ1n) is 3.73. The average Bonchev–Trinajstić information content (AvgIpc) is 2.05. The molecule has 2 nitrogen and oxygen atoms in total. The van der Waals surface area contributed by atoms with Crippen LogP contribution in [0.25, 0.3) is 0 Å². The predicted octanol–water partition coefficient (Wildman–Crippen LogP) is 1.08. The van der Waals surface area contributed by atoms with E-state index in [2.05, 4.69) is 0 Å². The predicted molar refractivity (Wildman–Crippen MR) is 55.9 cm³/mol.